The van der Waals surface area contributed by atoms with Gasteiger partial charge in [-0.05, 0) is 39.0 Å². The second-order valence-electron chi connectivity index (χ2n) is 4.91. The van der Waals surface area contributed by atoms with Crippen molar-refractivity contribution in [2.24, 2.45) is 0 Å². The number of nitrogen functional groups attached to an aromatic ring is 1. The van der Waals surface area contributed by atoms with Crippen LogP contribution in [0.2, 0.25) is 0 Å². The zero-order valence-corrected chi connectivity index (χ0v) is 12.2. The average molecular weight is 271 g/mol. The number of methoxy groups -OCH3 is 1. The van der Waals surface area contributed by atoms with Gasteiger partial charge in [0.1, 0.15) is 5.75 Å². The summed E-state index contributed by atoms with van der Waals surface area (Å²) in [4.78, 5) is 0.604. The van der Waals surface area contributed by atoms with Crippen LogP contribution < -0.4 is 10.5 Å². The zero-order chi connectivity index (χ0) is 13.8. The molecule has 0 bridgehead atoms. The van der Waals surface area contributed by atoms with Crippen molar-refractivity contribution in [2.45, 2.75) is 31.3 Å². The number of rotatable bonds is 5. The number of nitrogens with two attached hydrogens (primary N) is 1. The molecule has 4 nitrogen and oxygen atoms in total. The molecular formula is C13H21NO3S. The molecule has 1 aromatic carbocycles. The largest absolute Gasteiger partial charge is 0.497 e. The molecule has 0 saturated carbocycles. The van der Waals surface area contributed by atoms with E-state index in [1.807, 2.05) is 20.8 Å². The maximum atomic E-state index is 12.1. The van der Waals surface area contributed by atoms with Gasteiger partial charge in [0.2, 0.25) is 0 Å². The summed E-state index contributed by atoms with van der Waals surface area (Å²) in [7, 11) is 0.399. The van der Waals surface area contributed by atoms with E-state index in [9.17, 15) is 4.21 Å². The minimum absolute atomic E-state index is 0.218. The van der Waals surface area contributed by atoms with Crippen LogP contribution in [0.15, 0.2) is 23.1 Å². The Kier molecular flexibility index (Phi) is 5.16. The van der Waals surface area contributed by atoms with E-state index >= 15 is 0 Å². The standard InChI is InChI=1S/C13H21NO3S/c1-13(2,3)17-7-8-18(15)12-9-10(16-4)5-6-11(12)14/h5-6,9H,7-8,14H2,1-4H3. The molecule has 0 heterocycles. The quantitative estimate of drug-likeness (QED) is 0.834. The van der Waals surface area contributed by atoms with Crippen LogP contribution in [0.4, 0.5) is 5.69 Å². The Morgan fingerprint density at radius 3 is 2.56 bits per heavy atom. The smallest absolute Gasteiger partial charge is 0.120 e. The highest BCUT2D eigenvalue weighted by Crippen LogP contribution is 2.23. The topological polar surface area (TPSA) is 61.5 Å². The third-order valence-electron chi connectivity index (χ3n) is 2.27. The fourth-order valence-corrected chi connectivity index (χ4v) is 2.41. The molecule has 5 heteroatoms. The summed E-state index contributed by atoms with van der Waals surface area (Å²) >= 11 is 0. The van der Waals surface area contributed by atoms with Crippen molar-refractivity contribution in [3.8, 4) is 5.75 Å². The predicted molar refractivity (Wildman–Crippen MR) is 74.4 cm³/mol. The third-order valence-corrected chi connectivity index (χ3v) is 3.65. The second-order valence-corrected chi connectivity index (χ2v) is 6.45. The minimum Gasteiger partial charge on any atom is -0.497 e. The van der Waals surface area contributed by atoms with Crippen LogP contribution in [0, 0.1) is 0 Å². The van der Waals surface area contributed by atoms with Crippen molar-refractivity contribution in [1.82, 2.24) is 0 Å². The van der Waals surface area contributed by atoms with Crippen LogP contribution >= 0.6 is 0 Å². The minimum atomic E-state index is -1.17. The normalized spacial score (nSPS) is 13.3. The lowest BCUT2D eigenvalue weighted by atomic mass is 10.2. The molecule has 0 amide bonds. The third kappa shape index (κ3) is 4.66. The van der Waals surface area contributed by atoms with Crippen molar-refractivity contribution in [3.05, 3.63) is 18.2 Å². The Hall–Kier alpha value is -1.07. The molecule has 1 unspecified atom stereocenters. The van der Waals surface area contributed by atoms with E-state index in [4.69, 9.17) is 15.2 Å². The summed E-state index contributed by atoms with van der Waals surface area (Å²) in [6, 6.07) is 5.17. The van der Waals surface area contributed by atoms with E-state index in [1.165, 1.54) is 0 Å². The fraction of sp³-hybridized carbons (Fsp3) is 0.538. The fourth-order valence-electron chi connectivity index (χ4n) is 1.37. The monoisotopic (exact) mass is 271 g/mol. The van der Waals surface area contributed by atoms with Gasteiger partial charge in [-0.2, -0.15) is 0 Å². The molecule has 0 spiro atoms. The maximum absolute atomic E-state index is 12.1. The van der Waals surface area contributed by atoms with Gasteiger partial charge in [-0.3, -0.25) is 4.21 Å². The van der Waals surface area contributed by atoms with Crippen molar-refractivity contribution in [3.63, 3.8) is 0 Å². The number of anilines is 1. The zero-order valence-electron chi connectivity index (χ0n) is 11.4. The Morgan fingerprint density at radius 2 is 2.00 bits per heavy atom. The first-order chi connectivity index (χ1) is 8.33. The molecule has 0 saturated heterocycles. The Balaban J connectivity index is 2.66. The summed E-state index contributed by atoms with van der Waals surface area (Å²) in [5.41, 5.74) is 6.11. The van der Waals surface area contributed by atoms with Gasteiger partial charge in [0.15, 0.2) is 0 Å². The lowest BCUT2D eigenvalue weighted by molar-refractivity contribution is 0.00669. The highest BCUT2D eigenvalue weighted by molar-refractivity contribution is 7.85. The lowest BCUT2D eigenvalue weighted by Crippen LogP contribution is -2.22. The van der Waals surface area contributed by atoms with Gasteiger partial charge < -0.3 is 15.2 Å². The maximum Gasteiger partial charge on any atom is 0.120 e. The van der Waals surface area contributed by atoms with Gasteiger partial charge in [0, 0.05) is 5.69 Å². The Labute approximate surface area is 111 Å². The number of hydrogen-bond donors (Lipinski definition) is 1. The van der Waals surface area contributed by atoms with Crippen LogP contribution in [0.25, 0.3) is 0 Å². The molecule has 2 N–H and O–H groups in total. The molecule has 1 atom stereocenters. The van der Waals surface area contributed by atoms with Gasteiger partial charge in [0.25, 0.3) is 0 Å². The van der Waals surface area contributed by atoms with Gasteiger partial charge in [-0.15, -0.1) is 0 Å². The van der Waals surface area contributed by atoms with Crippen LogP contribution in [0.5, 0.6) is 5.75 Å². The first-order valence-electron chi connectivity index (χ1n) is 5.79. The van der Waals surface area contributed by atoms with E-state index in [0.29, 0.717) is 28.7 Å². The highest BCUT2D eigenvalue weighted by Gasteiger charge is 2.13. The van der Waals surface area contributed by atoms with Crippen molar-refractivity contribution in [1.29, 1.82) is 0 Å². The van der Waals surface area contributed by atoms with Gasteiger partial charge in [0.05, 0.1) is 40.8 Å². The molecule has 0 aromatic heterocycles. The molecule has 0 aliphatic rings. The SMILES string of the molecule is COc1ccc(N)c(S(=O)CCOC(C)(C)C)c1. The number of benzene rings is 1. The molecule has 0 radical (unpaired) electrons. The van der Waals surface area contributed by atoms with E-state index in [1.54, 1.807) is 25.3 Å². The van der Waals surface area contributed by atoms with Gasteiger partial charge >= 0.3 is 0 Å². The van der Waals surface area contributed by atoms with Crippen molar-refractivity contribution < 1.29 is 13.7 Å². The molecule has 102 valence electrons. The van der Waals surface area contributed by atoms with E-state index < -0.39 is 10.8 Å². The lowest BCUT2D eigenvalue weighted by Gasteiger charge is -2.19. The average Bonchev–Trinajstić information content (AvgIpc) is 2.27. The summed E-state index contributed by atoms with van der Waals surface area (Å²) in [5, 5.41) is 0. The van der Waals surface area contributed by atoms with E-state index in [-0.39, 0.29) is 5.60 Å². The summed E-state index contributed by atoms with van der Waals surface area (Å²) in [6.07, 6.45) is 0. The number of hydrogen-bond acceptors (Lipinski definition) is 4. The Morgan fingerprint density at radius 1 is 1.33 bits per heavy atom. The number of ether oxygens (including phenoxy) is 2. The van der Waals surface area contributed by atoms with Gasteiger partial charge in [-0.25, -0.2) is 0 Å². The summed E-state index contributed by atoms with van der Waals surface area (Å²) in [5.74, 6) is 1.08. The molecule has 0 aliphatic heterocycles. The van der Waals surface area contributed by atoms with Crippen LogP contribution in [0.3, 0.4) is 0 Å². The molecule has 18 heavy (non-hydrogen) atoms. The Bertz CT molecular complexity index is 427. The van der Waals surface area contributed by atoms with E-state index in [2.05, 4.69) is 0 Å². The molecular weight excluding hydrogens is 250 g/mol. The van der Waals surface area contributed by atoms with Crippen molar-refractivity contribution in [2.75, 3.05) is 25.2 Å². The summed E-state index contributed by atoms with van der Waals surface area (Å²) < 4.78 is 22.8. The molecule has 0 aliphatic carbocycles. The molecule has 0 fully saturated rings. The molecule has 1 rings (SSSR count). The van der Waals surface area contributed by atoms with Crippen LogP contribution in [-0.4, -0.2) is 29.3 Å². The summed E-state index contributed by atoms with van der Waals surface area (Å²) in [6.45, 7) is 6.34. The first kappa shape index (κ1) is 15.0. The predicted octanol–water partition coefficient (Wildman–Crippen LogP) is 2.20. The van der Waals surface area contributed by atoms with Crippen LogP contribution in [-0.2, 0) is 15.5 Å². The van der Waals surface area contributed by atoms with Crippen LogP contribution in [0.1, 0.15) is 20.8 Å². The van der Waals surface area contributed by atoms with Gasteiger partial charge in [-0.1, -0.05) is 0 Å². The first-order valence-corrected chi connectivity index (χ1v) is 7.11. The van der Waals surface area contributed by atoms with Crippen molar-refractivity contribution >= 4 is 16.5 Å². The molecule has 1 aromatic rings. The highest BCUT2D eigenvalue weighted by atomic mass is 32.2. The van der Waals surface area contributed by atoms with E-state index in [0.717, 1.165) is 0 Å². The second kappa shape index (κ2) is 6.20.